The smallest absolute Gasteiger partial charge is 0.224 e. The average Bonchev–Trinajstić information content (AvgIpc) is 3.29. The second-order valence-electron chi connectivity index (χ2n) is 13.2. The van der Waals surface area contributed by atoms with E-state index in [1.165, 1.54) is 87.6 Å². The second kappa shape index (κ2) is 8.30. The van der Waals surface area contributed by atoms with Gasteiger partial charge in [0.05, 0.1) is 27.3 Å². The molecule has 0 saturated heterocycles. The first-order chi connectivity index (χ1) is 19.7. The molecule has 41 heavy (non-hydrogen) atoms. The molecule has 8 rings (SSSR count). The first kappa shape index (κ1) is 24.4. The van der Waals surface area contributed by atoms with E-state index in [0.29, 0.717) is 0 Å². The maximum absolute atomic E-state index is 2.63. The SMILES string of the molecule is Cc1ccc2c(CC(C)(C)C)c3c(c(C)c2c1)c1c2c(ccc4c5ccc(-c6ccccc6)cc5n3c42)cc[n+]1C. The highest BCUT2D eigenvalue weighted by Crippen LogP contribution is 2.45. The van der Waals surface area contributed by atoms with Crippen molar-refractivity contribution in [1.29, 1.82) is 0 Å². The van der Waals surface area contributed by atoms with E-state index >= 15 is 0 Å². The van der Waals surface area contributed by atoms with Crippen LogP contribution in [-0.4, -0.2) is 4.40 Å². The molecule has 0 spiro atoms. The summed E-state index contributed by atoms with van der Waals surface area (Å²) < 4.78 is 4.99. The summed E-state index contributed by atoms with van der Waals surface area (Å²) in [5.41, 5.74) is 12.1. The molecule has 0 unspecified atom stereocenters. The highest BCUT2D eigenvalue weighted by molar-refractivity contribution is 6.29. The molecule has 0 aliphatic heterocycles. The molecule has 0 fully saturated rings. The molecule has 2 heteroatoms. The van der Waals surface area contributed by atoms with E-state index in [9.17, 15) is 0 Å². The van der Waals surface area contributed by atoms with Crippen LogP contribution in [-0.2, 0) is 13.5 Å². The van der Waals surface area contributed by atoms with Crippen LogP contribution in [0.25, 0.3) is 70.9 Å². The standard InChI is InChI=1S/C39H35N2/c1-23-12-15-28-31(20-23)24(2)34-37(32(28)22-39(3,4)5)41-33-21-27(25-10-8-7-9-11-25)14-16-29(33)30-17-13-26-18-19-40(6)38(34)35(26)36(30)41/h7-21H,22H2,1-6H3/q+1. The molecule has 0 radical (unpaired) electrons. The predicted molar refractivity (Wildman–Crippen MR) is 175 cm³/mol. The molecule has 0 saturated carbocycles. The van der Waals surface area contributed by atoms with Gasteiger partial charge in [-0.3, -0.25) is 0 Å². The van der Waals surface area contributed by atoms with Crippen molar-refractivity contribution >= 4 is 59.8 Å². The number of hydrogen-bond donors (Lipinski definition) is 0. The fraction of sp³-hybridized carbons (Fsp3) is 0.205. The summed E-state index contributed by atoms with van der Waals surface area (Å²) in [5, 5.41) is 9.42. The van der Waals surface area contributed by atoms with Gasteiger partial charge in [0.15, 0.2) is 6.20 Å². The summed E-state index contributed by atoms with van der Waals surface area (Å²) in [4.78, 5) is 0. The van der Waals surface area contributed by atoms with E-state index in [2.05, 4.69) is 142 Å². The Hall–Kier alpha value is -4.43. The first-order valence-electron chi connectivity index (χ1n) is 14.7. The molecule has 8 aromatic rings. The van der Waals surface area contributed by atoms with Crippen molar-refractivity contribution in [3.63, 3.8) is 0 Å². The normalized spacial score (nSPS) is 12.7. The van der Waals surface area contributed by atoms with Crippen molar-refractivity contribution in [2.24, 2.45) is 12.5 Å². The van der Waals surface area contributed by atoms with Crippen LogP contribution in [0, 0.1) is 19.3 Å². The Bertz CT molecular complexity index is 2330. The number of fused-ring (bicyclic) bond motifs is 7. The molecule has 0 bridgehead atoms. The fourth-order valence-electron chi connectivity index (χ4n) is 7.36. The van der Waals surface area contributed by atoms with Gasteiger partial charge in [0.25, 0.3) is 0 Å². The van der Waals surface area contributed by atoms with Gasteiger partial charge in [0.2, 0.25) is 5.52 Å². The van der Waals surface area contributed by atoms with Gasteiger partial charge < -0.3 is 4.40 Å². The zero-order valence-electron chi connectivity index (χ0n) is 24.8. The molecular formula is C39H35N2+. The number of pyridine rings is 2. The number of aromatic nitrogens is 2. The summed E-state index contributed by atoms with van der Waals surface area (Å²) in [6.07, 6.45) is 3.24. The number of hydrogen-bond acceptors (Lipinski definition) is 0. The molecule has 0 atom stereocenters. The van der Waals surface area contributed by atoms with Crippen LogP contribution in [0.4, 0.5) is 0 Å². The lowest BCUT2D eigenvalue weighted by molar-refractivity contribution is -0.643. The third-order valence-corrected chi connectivity index (χ3v) is 9.11. The maximum atomic E-state index is 2.63. The second-order valence-corrected chi connectivity index (χ2v) is 13.2. The summed E-state index contributed by atoms with van der Waals surface area (Å²) in [5.74, 6) is 0. The van der Waals surface area contributed by atoms with Gasteiger partial charge in [0.1, 0.15) is 7.05 Å². The molecule has 3 aromatic heterocycles. The molecule has 0 aliphatic carbocycles. The highest BCUT2D eigenvalue weighted by atomic mass is 15.0. The highest BCUT2D eigenvalue weighted by Gasteiger charge is 2.28. The summed E-state index contributed by atoms with van der Waals surface area (Å²) in [7, 11) is 2.21. The van der Waals surface area contributed by atoms with E-state index in [4.69, 9.17) is 0 Å². The molecule has 0 aliphatic rings. The summed E-state index contributed by atoms with van der Waals surface area (Å²) in [6, 6.07) is 31.8. The van der Waals surface area contributed by atoms with Crippen LogP contribution in [0.3, 0.4) is 0 Å². The van der Waals surface area contributed by atoms with Gasteiger partial charge >= 0.3 is 0 Å². The van der Waals surface area contributed by atoms with Gasteiger partial charge in [-0.05, 0) is 70.2 Å². The minimum atomic E-state index is 0.128. The fourth-order valence-corrected chi connectivity index (χ4v) is 7.36. The zero-order valence-corrected chi connectivity index (χ0v) is 24.8. The zero-order chi connectivity index (χ0) is 28.2. The quantitative estimate of drug-likeness (QED) is 0.119. The van der Waals surface area contributed by atoms with E-state index in [1.807, 2.05) is 0 Å². The van der Waals surface area contributed by atoms with Crippen LogP contribution in [0.1, 0.15) is 37.5 Å². The minimum Gasteiger partial charge on any atom is -0.307 e. The van der Waals surface area contributed by atoms with Gasteiger partial charge in [-0.15, -0.1) is 0 Å². The number of benzene rings is 5. The van der Waals surface area contributed by atoms with Crippen molar-refractivity contribution < 1.29 is 4.57 Å². The number of rotatable bonds is 2. The van der Waals surface area contributed by atoms with E-state index in [1.54, 1.807) is 0 Å². The minimum absolute atomic E-state index is 0.128. The molecule has 200 valence electrons. The van der Waals surface area contributed by atoms with Crippen molar-refractivity contribution in [3.8, 4) is 11.1 Å². The Labute approximate surface area is 240 Å². The van der Waals surface area contributed by atoms with Crippen molar-refractivity contribution in [2.75, 3.05) is 0 Å². The molecule has 5 aromatic carbocycles. The molecule has 3 heterocycles. The Morgan fingerprint density at radius 2 is 1.44 bits per heavy atom. The largest absolute Gasteiger partial charge is 0.307 e. The third kappa shape index (κ3) is 3.40. The van der Waals surface area contributed by atoms with E-state index in [-0.39, 0.29) is 5.41 Å². The van der Waals surface area contributed by atoms with E-state index in [0.717, 1.165) is 6.42 Å². The molecule has 0 amide bonds. The molecule has 0 N–H and O–H groups in total. The first-order valence-corrected chi connectivity index (χ1v) is 14.7. The lowest BCUT2D eigenvalue weighted by atomic mass is 9.83. The maximum Gasteiger partial charge on any atom is 0.224 e. The van der Waals surface area contributed by atoms with Crippen molar-refractivity contribution in [2.45, 2.75) is 41.0 Å². The lowest BCUT2D eigenvalue weighted by Crippen LogP contribution is -2.29. The third-order valence-electron chi connectivity index (χ3n) is 9.11. The number of aryl methyl sites for hydroxylation is 3. The van der Waals surface area contributed by atoms with Crippen LogP contribution < -0.4 is 4.57 Å². The van der Waals surface area contributed by atoms with Gasteiger partial charge in [-0.2, -0.15) is 0 Å². The summed E-state index contributed by atoms with van der Waals surface area (Å²) >= 11 is 0. The van der Waals surface area contributed by atoms with Gasteiger partial charge in [-0.25, -0.2) is 4.57 Å². The lowest BCUT2D eigenvalue weighted by Gasteiger charge is -2.24. The Morgan fingerprint density at radius 1 is 0.683 bits per heavy atom. The van der Waals surface area contributed by atoms with Crippen LogP contribution in [0.5, 0.6) is 0 Å². The van der Waals surface area contributed by atoms with Crippen LogP contribution >= 0.6 is 0 Å². The summed E-state index contributed by atoms with van der Waals surface area (Å²) in [6.45, 7) is 11.7. The van der Waals surface area contributed by atoms with Gasteiger partial charge in [-0.1, -0.05) is 99.1 Å². The van der Waals surface area contributed by atoms with Crippen molar-refractivity contribution in [1.82, 2.24) is 4.40 Å². The van der Waals surface area contributed by atoms with E-state index < -0.39 is 0 Å². The molecular weight excluding hydrogens is 496 g/mol. The van der Waals surface area contributed by atoms with Crippen LogP contribution in [0.2, 0.25) is 0 Å². The number of nitrogens with zero attached hydrogens (tertiary/aromatic N) is 2. The van der Waals surface area contributed by atoms with Gasteiger partial charge in [0, 0.05) is 16.8 Å². The van der Waals surface area contributed by atoms with Crippen LogP contribution in [0.15, 0.2) is 91.1 Å². The average molecular weight is 532 g/mol. The van der Waals surface area contributed by atoms with Crippen molar-refractivity contribution in [3.05, 3.63) is 108 Å². The monoisotopic (exact) mass is 531 g/mol. The topological polar surface area (TPSA) is 8.29 Å². The Balaban J connectivity index is 1.73. The molecule has 2 nitrogen and oxygen atoms in total. The Kier molecular flexibility index (Phi) is 4.93. The predicted octanol–water partition coefficient (Wildman–Crippen LogP) is 9.84. The Morgan fingerprint density at radius 3 is 2.22 bits per heavy atom.